The molecule has 0 atom stereocenters. The van der Waals surface area contributed by atoms with E-state index in [9.17, 15) is 13.2 Å². The maximum absolute atomic E-state index is 11.9. The molecule has 0 fully saturated rings. The molecular weight excluding hydrogens is 193 g/mol. The molecule has 0 aromatic heterocycles. The van der Waals surface area contributed by atoms with Crippen molar-refractivity contribution in [3.8, 4) is 0 Å². The van der Waals surface area contributed by atoms with Gasteiger partial charge in [0.05, 0.1) is 0 Å². The zero-order chi connectivity index (χ0) is 8.85. The first kappa shape index (κ1) is 13.8. The van der Waals surface area contributed by atoms with Crippen LogP contribution in [-0.4, -0.2) is 0 Å². The van der Waals surface area contributed by atoms with E-state index in [2.05, 4.69) is 11.7 Å². The molecule has 6 heteroatoms. The van der Waals surface area contributed by atoms with Crippen LogP contribution in [0.4, 0.5) is 13.2 Å². The van der Waals surface area contributed by atoms with Gasteiger partial charge in [-0.05, 0) is 0 Å². The molecule has 0 amide bonds. The van der Waals surface area contributed by atoms with Crippen LogP contribution in [0.15, 0.2) is 18.2 Å². The zero-order valence-electron chi connectivity index (χ0n) is 5.93. The van der Waals surface area contributed by atoms with Crippen LogP contribution in [0.25, 0.3) is 0 Å². The van der Waals surface area contributed by atoms with Crippen molar-refractivity contribution in [2.45, 2.75) is 0 Å². The molecule has 0 unspecified atom stereocenters. The molecule has 12 heavy (non-hydrogen) atoms. The van der Waals surface area contributed by atoms with Crippen LogP contribution in [0, 0.1) is 17.5 Å². The molecule has 4 N–H and O–H groups in total. The molecule has 0 aliphatic carbocycles. The summed E-state index contributed by atoms with van der Waals surface area (Å²) in [6.45, 7) is 0. The zero-order valence-corrected chi connectivity index (χ0v) is 6.75. The summed E-state index contributed by atoms with van der Waals surface area (Å²) in [5.74, 6) is 5.31. The van der Waals surface area contributed by atoms with Gasteiger partial charge in [-0.3, -0.25) is 11.7 Å². The highest BCUT2D eigenvalue weighted by Crippen LogP contribution is 2.04. The summed E-state index contributed by atoms with van der Waals surface area (Å²) in [4.78, 5) is 0. The van der Waals surface area contributed by atoms with E-state index in [-0.39, 0.29) is 12.4 Å². The Hall–Kier alpha value is -0.780. The lowest BCUT2D eigenvalue weighted by molar-refractivity contribution is 0.543. The van der Waals surface area contributed by atoms with Gasteiger partial charge in [-0.1, -0.05) is 0 Å². The molecule has 1 aromatic rings. The Kier molecular flexibility index (Phi) is 7.93. The predicted molar refractivity (Wildman–Crippen MR) is 41.9 cm³/mol. The second-order valence-electron chi connectivity index (χ2n) is 1.59. The third-order valence-electron chi connectivity index (χ3n) is 0.827. The number of hydrogen-bond donors (Lipinski definition) is 2. The number of rotatable bonds is 0. The second-order valence-corrected chi connectivity index (χ2v) is 1.59. The average molecular weight is 201 g/mol. The molecule has 0 saturated carbocycles. The van der Waals surface area contributed by atoms with Crippen LogP contribution in [0.2, 0.25) is 0 Å². The van der Waals surface area contributed by atoms with E-state index in [1.165, 1.54) is 0 Å². The van der Waals surface area contributed by atoms with Gasteiger partial charge in [0.15, 0.2) is 0 Å². The monoisotopic (exact) mass is 200 g/mol. The molecular formula is C6H8ClF3N2. The Labute approximate surface area is 73.7 Å². The van der Waals surface area contributed by atoms with Crippen molar-refractivity contribution in [1.29, 1.82) is 0 Å². The van der Waals surface area contributed by atoms with Crippen LogP contribution in [0.5, 0.6) is 0 Å². The van der Waals surface area contributed by atoms with Gasteiger partial charge in [-0.15, -0.1) is 12.4 Å². The molecule has 0 bridgehead atoms. The summed E-state index contributed by atoms with van der Waals surface area (Å²) in [5, 5.41) is 0. The minimum atomic E-state index is -0.896. The first-order valence-corrected chi connectivity index (χ1v) is 2.63. The van der Waals surface area contributed by atoms with Crippen molar-refractivity contribution in [2.75, 3.05) is 0 Å². The van der Waals surface area contributed by atoms with Gasteiger partial charge in [0, 0.05) is 18.2 Å². The Balaban J connectivity index is 0. The van der Waals surface area contributed by atoms with Gasteiger partial charge in [0.1, 0.15) is 17.5 Å². The predicted octanol–water partition coefficient (Wildman–Crippen LogP) is 1.34. The first-order chi connectivity index (χ1) is 5.18. The fourth-order valence-corrected chi connectivity index (χ4v) is 0.520. The largest absolute Gasteiger partial charge is 0.274 e. The second kappa shape index (κ2) is 6.90. The van der Waals surface area contributed by atoms with Crippen molar-refractivity contribution < 1.29 is 13.2 Å². The fourth-order valence-electron chi connectivity index (χ4n) is 0.520. The highest BCUT2D eigenvalue weighted by molar-refractivity contribution is 5.85. The lowest BCUT2D eigenvalue weighted by atomic mass is 10.3. The van der Waals surface area contributed by atoms with E-state index in [0.717, 1.165) is 0 Å². The highest BCUT2D eigenvalue weighted by atomic mass is 35.5. The minimum absolute atomic E-state index is 0. The molecule has 2 nitrogen and oxygen atoms in total. The molecule has 0 spiro atoms. The highest BCUT2D eigenvalue weighted by Gasteiger charge is 1.96. The van der Waals surface area contributed by atoms with Crippen LogP contribution in [-0.2, 0) is 0 Å². The van der Waals surface area contributed by atoms with Crippen molar-refractivity contribution in [3.63, 3.8) is 0 Å². The van der Waals surface area contributed by atoms with Crippen molar-refractivity contribution in [3.05, 3.63) is 35.7 Å². The van der Waals surface area contributed by atoms with Gasteiger partial charge in [0.2, 0.25) is 0 Å². The van der Waals surface area contributed by atoms with E-state index < -0.39 is 17.5 Å². The molecule has 0 saturated heterocycles. The normalized spacial score (nSPS) is 7.75. The number of nitrogens with two attached hydrogens (primary N) is 2. The Morgan fingerprint density at radius 1 is 0.750 bits per heavy atom. The number of hydrazine groups is 1. The molecule has 70 valence electrons. The number of halogens is 4. The van der Waals surface area contributed by atoms with E-state index in [1.807, 2.05) is 0 Å². The van der Waals surface area contributed by atoms with Crippen LogP contribution in [0.1, 0.15) is 0 Å². The standard InChI is InChI=1S/C6H3F3.ClH.H4N2/c7-4-1-5(8)3-6(9)2-4;;1-2/h1-3H;1H;1-2H2. The SMILES string of the molecule is Cl.Fc1cc(F)cc(F)c1.NN. The van der Waals surface area contributed by atoms with E-state index in [0.29, 0.717) is 18.2 Å². The van der Waals surface area contributed by atoms with Crippen molar-refractivity contribution in [2.24, 2.45) is 11.7 Å². The van der Waals surface area contributed by atoms with E-state index >= 15 is 0 Å². The average Bonchev–Trinajstić information content (AvgIpc) is 1.88. The Morgan fingerprint density at radius 2 is 0.917 bits per heavy atom. The lowest BCUT2D eigenvalue weighted by Crippen LogP contribution is -2.02. The van der Waals surface area contributed by atoms with Gasteiger partial charge < -0.3 is 0 Å². The minimum Gasteiger partial charge on any atom is -0.274 e. The molecule has 0 radical (unpaired) electrons. The Morgan fingerprint density at radius 3 is 1.08 bits per heavy atom. The third kappa shape index (κ3) is 4.95. The molecule has 0 aliphatic heterocycles. The smallest absolute Gasteiger partial charge is 0.129 e. The van der Waals surface area contributed by atoms with Gasteiger partial charge >= 0.3 is 0 Å². The summed E-state index contributed by atoms with van der Waals surface area (Å²) >= 11 is 0. The molecule has 1 aromatic carbocycles. The van der Waals surface area contributed by atoms with Crippen LogP contribution in [0.3, 0.4) is 0 Å². The molecule has 0 aliphatic rings. The van der Waals surface area contributed by atoms with Crippen molar-refractivity contribution >= 4 is 12.4 Å². The first-order valence-electron chi connectivity index (χ1n) is 2.63. The van der Waals surface area contributed by atoms with Crippen LogP contribution < -0.4 is 11.7 Å². The summed E-state index contributed by atoms with van der Waals surface area (Å²) in [5.41, 5.74) is 0. The maximum atomic E-state index is 11.9. The summed E-state index contributed by atoms with van der Waals surface area (Å²) in [6.07, 6.45) is 0. The van der Waals surface area contributed by atoms with Gasteiger partial charge in [-0.25, -0.2) is 13.2 Å². The number of benzene rings is 1. The molecule has 0 heterocycles. The van der Waals surface area contributed by atoms with Gasteiger partial charge in [0.25, 0.3) is 0 Å². The van der Waals surface area contributed by atoms with Crippen molar-refractivity contribution in [1.82, 2.24) is 0 Å². The number of hydrogen-bond acceptors (Lipinski definition) is 2. The Bertz CT molecular complexity index is 182. The third-order valence-corrected chi connectivity index (χ3v) is 0.827. The quantitative estimate of drug-likeness (QED) is 0.491. The maximum Gasteiger partial charge on any atom is 0.129 e. The summed E-state index contributed by atoms with van der Waals surface area (Å²) < 4.78 is 35.8. The summed E-state index contributed by atoms with van der Waals surface area (Å²) in [7, 11) is 0. The topological polar surface area (TPSA) is 52.0 Å². The van der Waals surface area contributed by atoms with Crippen LogP contribution >= 0.6 is 12.4 Å². The fraction of sp³-hybridized carbons (Fsp3) is 0. The van der Waals surface area contributed by atoms with E-state index in [1.54, 1.807) is 0 Å². The molecule has 1 rings (SSSR count). The summed E-state index contributed by atoms with van der Waals surface area (Å²) in [6, 6.07) is 1.84. The van der Waals surface area contributed by atoms with E-state index in [4.69, 9.17) is 0 Å². The van der Waals surface area contributed by atoms with Gasteiger partial charge in [-0.2, -0.15) is 0 Å². The lowest BCUT2D eigenvalue weighted by Gasteiger charge is -1.88.